The van der Waals surface area contributed by atoms with Crippen molar-refractivity contribution in [2.45, 2.75) is 31.1 Å². The van der Waals surface area contributed by atoms with E-state index >= 15 is 0 Å². The van der Waals surface area contributed by atoms with Gasteiger partial charge in [-0.15, -0.1) is 0 Å². The van der Waals surface area contributed by atoms with E-state index in [-0.39, 0.29) is 22.1 Å². The number of aryl methyl sites for hydroxylation is 1. The van der Waals surface area contributed by atoms with Crippen molar-refractivity contribution < 1.29 is 9.50 Å². The molecule has 0 unspecified atom stereocenters. The van der Waals surface area contributed by atoms with E-state index in [9.17, 15) is 9.50 Å². The number of anilines is 1. The first-order chi connectivity index (χ1) is 12.7. The fourth-order valence-corrected chi connectivity index (χ4v) is 5.83. The van der Waals surface area contributed by atoms with Gasteiger partial charge in [0.15, 0.2) is 11.0 Å². The highest BCUT2D eigenvalue weighted by atomic mass is 32.2. The topological polar surface area (TPSA) is 101 Å². The molecule has 0 bridgehead atoms. The molecule has 1 saturated heterocycles. The molecule has 0 spiro atoms. The van der Waals surface area contributed by atoms with Gasteiger partial charge in [-0.1, -0.05) is 11.8 Å². The highest BCUT2D eigenvalue weighted by Gasteiger charge is 2.52. The quantitative estimate of drug-likeness (QED) is 0.801. The summed E-state index contributed by atoms with van der Waals surface area (Å²) in [5.74, 6) is 0.0697. The largest absolute Gasteiger partial charge is 0.384 e. The summed E-state index contributed by atoms with van der Waals surface area (Å²) >= 11 is 3.02. The molecule has 27 heavy (non-hydrogen) atoms. The van der Waals surface area contributed by atoms with Crippen LogP contribution in [0.25, 0.3) is 0 Å². The summed E-state index contributed by atoms with van der Waals surface area (Å²) in [6, 6.07) is 2.02. The molecule has 0 amide bonds. The van der Waals surface area contributed by atoms with Crippen LogP contribution in [0.2, 0.25) is 0 Å². The Bertz CT molecular complexity index is 898. The minimum absolute atomic E-state index is 0.00938. The lowest BCUT2D eigenvalue weighted by Gasteiger charge is -2.34. The minimum atomic E-state index is -1.39. The van der Waals surface area contributed by atoms with Crippen LogP contribution in [0.3, 0.4) is 0 Å². The van der Waals surface area contributed by atoms with Gasteiger partial charge in [-0.3, -0.25) is 4.99 Å². The predicted octanol–water partition coefficient (Wildman–Crippen LogP) is 2.00. The summed E-state index contributed by atoms with van der Waals surface area (Å²) in [6.45, 7) is 6.55. The number of hydrogen-bond acceptors (Lipinski definition) is 9. The number of halogens is 1. The third-order valence-electron chi connectivity index (χ3n) is 5.00. The van der Waals surface area contributed by atoms with Crippen molar-refractivity contribution in [2.75, 3.05) is 24.5 Å². The van der Waals surface area contributed by atoms with Gasteiger partial charge < -0.3 is 15.7 Å². The summed E-state index contributed by atoms with van der Waals surface area (Å²) in [5.41, 5.74) is 4.90. The van der Waals surface area contributed by atoms with E-state index in [1.807, 2.05) is 11.0 Å². The lowest BCUT2D eigenvalue weighted by molar-refractivity contribution is 0.0691. The van der Waals surface area contributed by atoms with Crippen LogP contribution in [0.1, 0.15) is 30.1 Å². The molecular formula is C17H21FN6OS2. The Hall–Kier alpha value is -1.78. The normalized spacial score (nSPS) is 25.4. The second-order valence-electron chi connectivity index (χ2n) is 7.46. The minimum Gasteiger partial charge on any atom is -0.384 e. The molecule has 7 nitrogen and oxygen atoms in total. The molecule has 2 aromatic rings. The highest BCUT2D eigenvalue weighted by Crippen LogP contribution is 2.52. The van der Waals surface area contributed by atoms with Crippen LogP contribution >= 0.6 is 23.3 Å². The van der Waals surface area contributed by atoms with E-state index in [4.69, 9.17) is 5.73 Å². The van der Waals surface area contributed by atoms with Crippen LogP contribution < -0.4 is 10.6 Å². The predicted molar refractivity (Wildman–Crippen MR) is 106 cm³/mol. The number of nitrogens with two attached hydrogens (primary N) is 1. The molecule has 0 aliphatic carbocycles. The summed E-state index contributed by atoms with van der Waals surface area (Å²) in [7, 11) is 0. The lowest BCUT2D eigenvalue weighted by Crippen LogP contribution is -2.38. The van der Waals surface area contributed by atoms with Gasteiger partial charge in [0, 0.05) is 36.6 Å². The molecule has 2 aromatic heterocycles. The van der Waals surface area contributed by atoms with E-state index < -0.39 is 11.4 Å². The maximum Gasteiger partial charge on any atom is 0.226 e. The average Bonchev–Trinajstić information content (AvgIpc) is 3.23. The zero-order chi connectivity index (χ0) is 19.4. The molecule has 1 fully saturated rings. The van der Waals surface area contributed by atoms with Gasteiger partial charge in [-0.25, -0.2) is 18.7 Å². The van der Waals surface area contributed by atoms with Crippen molar-refractivity contribution in [3.63, 3.8) is 0 Å². The Labute approximate surface area is 165 Å². The maximum atomic E-state index is 14.5. The Morgan fingerprint density at radius 3 is 2.85 bits per heavy atom. The van der Waals surface area contributed by atoms with Gasteiger partial charge in [0.1, 0.15) is 11.3 Å². The number of fused-ring (bicyclic) bond motifs is 1. The second kappa shape index (κ2) is 6.39. The van der Waals surface area contributed by atoms with E-state index in [1.165, 1.54) is 25.4 Å². The highest BCUT2D eigenvalue weighted by molar-refractivity contribution is 8.14. The standard InChI is InChI=1S/C17H21FN6OS2/c1-9-12(18)13(16(2,3)25)23-15(22-9)24-7-10-6-20-14(19)26-17(10,8-24)11-4-5-21-27-11/h4-5,10,25H,6-8H2,1-3H3,(H2,19,20)/t10-,17-/m0/s1. The molecule has 2 aliphatic heterocycles. The summed E-state index contributed by atoms with van der Waals surface area (Å²) in [6.07, 6.45) is 1.79. The first-order valence-electron chi connectivity index (χ1n) is 8.63. The Morgan fingerprint density at radius 2 is 2.19 bits per heavy atom. The molecule has 3 N–H and O–H groups in total. The SMILES string of the molecule is Cc1nc(N2C[C@@H]3CN=C(N)S[C@@]3(c3ccns3)C2)nc(C(C)(C)O)c1F. The number of aromatic nitrogens is 3. The fourth-order valence-electron chi connectivity index (χ4n) is 3.64. The first-order valence-corrected chi connectivity index (χ1v) is 10.2. The smallest absolute Gasteiger partial charge is 0.226 e. The Balaban J connectivity index is 1.75. The third-order valence-corrected chi connectivity index (χ3v) is 7.44. The van der Waals surface area contributed by atoms with Gasteiger partial charge in [0.25, 0.3) is 0 Å². The fraction of sp³-hybridized carbons (Fsp3) is 0.529. The summed E-state index contributed by atoms with van der Waals surface area (Å²) < 4.78 is 18.5. The van der Waals surface area contributed by atoms with Gasteiger partial charge >= 0.3 is 0 Å². The van der Waals surface area contributed by atoms with Crippen LogP contribution in [0.15, 0.2) is 17.3 Å². The van der Waals surface area contributed by atoms with Crippen molar-refractivity contribution >= 4 is 34.4 Å². The van der Waals surface area contributed by atoms with Crippen molar-refractivity contribution in [3.8, 4) is 0 Å². The van der Waals surface area contributed by atoms with Crippen LogP contribution in [0.5, 0.6) is 0 Å². The van der Waals surface area contributed by atoms with E-state index in [0.29, 0.717) is 30.8 Å². The molecule has 4 rings (SSSR count). The first kappa shape index (κ1) is 18.6. The molecule has 0 aromatic carbocycles. The number of thioether (sulfide) groups is 1. The Morgan fingerprint density at radius 1 is 1.41 bits per heavy atom. The number of hydrogen-bond donors (Lipinski definition) is 2. The molecule has 2 atom stereocenters. The molecule has 4 heterocycles. The summed E-state index contributed by atoms with van der Waals surface area (Å²) in [4.78, 5) is 16.3. The van der Waals surface area contributed by atoms with E-state index in [0.717, 1.165) is 4.88 Å². The van der Waals surface area contributed by atoms with Crippen molar-refractivity contribution in [3.05, 3.63) is 34.3 Å². The Kier molecular flexibility index (Phi) is 4.39. The van der Waals surface area contributed by atoms with Crippen LogP contribution in [0.4, 0.5) is 10.3 Å². The number of rotatable bonds is 3. The lowest BCUT2D eigenvalue weighted by atomic mass is 9.93. The van der Waals surface area contributed by atoms with E-state index in [1.54, 1.807) is 24.9 Å². The molecule has 10 heteroatoms. The van der Waals surface area contributed by atoms with Crippen molar-refractivity contribution in [2.24, 2.45) is 16.6 Å². The maximum absolute atomic E-state index is 14.5. The second-order valence-corrected chi connectivity index (χ2v) is 9.64. The van der Waals surface area contributed by atoms with Gasteiger partial charge in [0.05, 0.1) is 10.4 Å². The van der Waals surface area contributed by atoms with Crippen LogP contribution in [-0.4, -0.2) is 44.2 Å². The molecule has 144 valence electrons. The zero-order valence-corrected chi connectivity index (χ0v) is 16.9. The number of aliphatic imine (C=N–C) groups is 1. The van der Waals surface area contributed by atoms with Gasteiger partial charge in [0.2, 0.25) is 5.95 Å². The van der Waals surface area contributed by atoms with E-state index in [2.05, 4.69) is 19.3 Å². The molecule has 0 saturated carbocycles. The van der Waals surface area contributed by atoms with Crippen LogP contribution in [0, 0.1) is 18.7 Å². The zero-order valence-electron chi connectivity index (χ0n) is 15.3. The summed E-state index contributed by atoms with van der Waals surface area (Å²) in [5, 5.41) is 10.9. The number of aliphatic hydroxyl groups is 1. The van der Waals surface area contributed by atoms with Crippen molar-refractivity contribution in [1.29, 1.82) is 0 Å². The van der Waals surface area contributed by atoms with Gasteiger partial charge in [-0.05, 0) is 38.4 Å². The van der Waals surface area contributed by atoms with Crippen molar-refractivity contribution in [1.82, 2.24) is 14.3 Å². The molecule has 0 radical (unpaired) electrons. The number of amidine groups is 1. The number of nitrogens with zero attached hydrogens (tertiary/aromatic N) is 5. The van der Waals surface area contributed by atoms with Gasteiger partial charge in [-0.2, -0.15) is 0 Å². The average molecular weight is 409 g/mol. The monoisotopic (exact) mass is 408 g/mol. The van der Waals surface area contributed by atoms with Crippen LogP contribution in [-0.2, 0) is 10.3 Å². The molecule has 2 aliphatic rings. The molecular weight excluding hydrogens is 387 g/mol. The third kappa shape index (κ3) is 3.09.